The molecule has 0 bridgehead atoms. The lowest BCUT2D eigenvalue weighted by Gasteiger charge is -2.36. The molecule has 0 radical (unpaired) electrons. The fourth-order valence-corrected chi connectivity index (χ4v) is 3.80. The number of rotatable bonds is 3. The van der Waals surface area contributed by atoms with Crippen LogP contribution in [0.25, 0.3) is 10.9 Å². The number of likely N-dealkylation sites (N-methyl/N-ethyl adjacent to an activating group) is 1. The molecule has 1 aromatic heterocycles. The third-order valence-electron chi connectivity index (χ3n) is 5.31. The van der Waals surface area contributed by atoms with E-state index in [1.807, 2.05) is 36.1 Å². The summed E-state index contributed by atoms with van der Waals surface area (Å²) in [4.78, 5) is 38.9. The largest absolute Gasteiger partial charge is 0.352 e. The van der Waals surface area contributed by atoms with E-state index in [0.29, 0.717) is 32.6 Å². The maximum atomic E-state index is 12.6. The van der Waals surface area contributed by atoms with Crippen molar-refractivity contribution in [2.24, 2.45) is 0 Å². The first-order chi connectivity index (χ1) is 13.2. The van der Waals surface area contributed by atoms with Crippen LogP contribution in [0.4, 0.5) is 10.6 Å². The molecule has 2 aromatic rings. The summed E-state index contributed by atoms with van der Waals surface area (Å²) in [6.07, 6.45) is 1.99. The first-order valence-electron chi connectivity index (χ1n) is 9.43. The molecule has 2 aliphatic heterocycles. The number of fused-ring (bicyclic) bond motifs is 1. The van der Waals surface area contributed by atoms with Crippen LogP contribution in [0.15, 0.2) is 30.6 Å². The number of aromatic nitrogens is 2. The number of hydrogen-bond acceptors (Lipinski definition) is 5. The summed E-state index contributed by atoms with van der Waals surface area (Å²) in [5.41, 5.74) is 0.925. The molecule has 1 aromatic carbocycles. The van der Waals surface area contributed by atoms with Crippen LogP contribution >= 0.6 is 0 Å². The number of benzene rings is 1. The Morgan fingerprint density at radius 2 is 1.96 bits per heavy atom. The normalized spacial score (nSPS) is 20.4. The molecule has 0 aliphatic carbocycles. The van der Waals surface area contributed by atoms with E-state index in [-0.39, 0.29) is 18.0 Å². The van der Waals surface area contributed by atoms with E-state index in [0.717, 1.165) is 29.8 Å². The van der Waals surface area contributed by atoms with Crippen LogP contribution in [0.1, 0.15) is 13.3 Å². The molecule has 1 N–H and O–H groups in total. The zero-order valence-corrected chi connectivity index (χ0v) is 15.5. The maximum Gasteiger partial charge on any atom is 0.317 e. The summed E-state index contributed by atoms with van der Waals surface area (Å²) in [7, 11) is 0. The van der Waals surface area contributed by atoms with Gasteiger partial charge in [-0.1, -0.05) is 12.1 Å². The Hall–Kier alpha value is -2.90. The zero-order chi connectivity index (χ0) is 18.8. The van der Waals surface area contributed by atoms with Gasteiger partial charge in [-0.25, -0.2) is 14.8 Å². The molecule has 3 heterocycles. The minimum Gasteiger partial charge on any atom is -0.352 e. The van der Waals surface area contributed by atoms with Gasteiger partial charge in [-0.05, 0) is 19.1 Å². The second-order valence-electron chi connectivity index (χ2n) is 6.97. The average molecular weight is 368 g/mol. The van der Waals surface area contributed by atoms with Crippen molar-refractivity contribution in [1.29, 1.82) is 0 Å². The minimum absolute atomic E-state index is 0.0852. The number of para-hydroxylation sites is 1. The number of carbonyl (C=O) groups is 2. The molecular weight excluding hydrogens is 344 g/mol. The molecule has 4 rings (SSSR count). The molecule has 2 fully saturated rings. The summed E-state index contributed by atoms with van der Waals surface area (Å²) in [5.74, 6) is 1.03. The highest BCUT2D eigenvalue weighted by Gasteiger charge is 2.31. The monoisotopic (exact) mass is 368 g/mol. The topological polar surface area (TPSA) is 81.7 Å². The second-order valence-corrected chi connectivity index (χ2v) is 6.97. The van der Waals surface area contributed by atoms with Crippen molar-refractivity contribution in [2.45, 2.75) is 19.4 Å². The van der Waals surface area contributed by atoms with Crippen LogP contribution in [0.5, 0.6) is 0 Å². The highest BCUT2D eigenvalue weighted by atomic mass is 16.2. The number of anilines is 1. The molecule has 2 saturated heterocycles. The Bertz CT molecular complexity index is 844. The lowest BCUT2D eigenvalue weighted by atomic mass is 10.2. The lowest BCUT2D eigenvalue weighted by molar-refractivity contribution is -0.127. The molecule has 0 unspecified atom stereocenters. The average Bonchev–Trinajstić information content (AvgIpc) is 3.06. The van der Waals surface area contributed by atoms with Gasteiger partial charge in [0.25, 0.3) is 0 Å². The zero-order valence-electron chi connectivity index (χ0n) is 15.5. The number of urea groups is 1. The standard InChI is InChI=1S/C19H24N6O2/c1-2-23-12-14(11-17(23)26)22-19(27)25-9-7-24(8-10-25)18-15-5-3-4-6-16(15)20-13-21-18/h3-6,13-14H,2,7-12H2,1H3,(H,22,27)/t14-/m1/s1. The Kier molecular flexibility index (Phi) is 4.79. The van der Waals surface area contributed by atoms with Crippen LogP contribution in [-0.2, 0) is 4.79 Å². The fourth-order valence-electron chi connectivity index (χ4n) is 3.80. The molecule has 8 nitrogen and oxygen atoms in total. The summed E-state index contributed by atoms with van der Waals surface area (Å²) in [6, 6.07) is 7.79. The SMILES string of the molecule is CCN1C[C@H](NC(=O)N2CCN(c3ncnc4ccccc34)CC2)CC1=O. The van der Waals surface area contributed by atoms with Gasteiger partial charge < -0.3 is 20.0 Å². The van der Waals surface area contributed by atoms with Gasteiger partial charge in [0.05, 0.1) is 11.6 Å². The maximum absolute atomic E-state index is 12.6. The first-order valence-corrected chi connectivity index (χ1v) is 9.43. The van der Waals surface area contributed by atoms with E-state index < -0.39 is 0 Å². The Morgan fingerprint density at radius 1 is 1.19 bits per heavy atom. The molecule has 1 atom stereocenters. The van der Waals surface area contributed by atoms with Crippen molar-refractivity contribution in [2.75, 3.05) is 44.2 Å². The van der Waals surface area contributed by atoms with Crippen LogP contribution in [0.3, 0.4) is 0 Å². The minimum atomic E-state index is -0.0891. The van der Waals surface area contributed by atoms with E-state index in [9.17, 15) is 9.59 Å². The first kappa shape index (κ1) is 17.5. The number of nitrogens with zero attached hydrogens (tertiary/aromatic N) is 5. The summed E-state index contributed by atoms with van der Waals surface area (Å²) < 4.78 is 0. The number of hydrogen-bond donors (Lipinski definition) is 1. The number of piperazine rings is 1. The predicted molar refractivity (Wildman–Crippen MR) is 103 cm³/mol. The van der Waals surface area contributed by atoms with Crippen molar-refractivity contribution in [1.82, 2.24) is 25.1 Å². The van der Waals surface area contributed by atoms with Crippen molar-refractivity contribution in [3.05, 3.63) is 30.6 Å². The van der Waals surface area contributed by atoms with Crippen LogP contribution in [-0.4, -0.2) is 77.0 Å². The quantitative estimate of drug-likeness (QED) is 0.877. The van der Waals surface area contributed by atoms with Gasteiger partial charge in [-0.2, -0.15) is 0 Å². The van der Waals surface area contributed by atoms with Crippen molar-refractivity contribution < 1.29 is 9.59 Å². The van der Waals surface area contributed by atoms with Gasteiger partial charge in [-0.3, -0.25) is 4.79 Å². The highest BCUT2D eigenvalue weighted by Crippen LogP contribution is 2.23. The predicted octanol–water partition coefficient (Wildman–Crippen LogP) is 1.08. The van der Waals surface area contributed by atoms with E-state index >= 15 is 0 Å². The third-order valence-corrected chi connectivity index (χ3v) is 5.31. The Labute approximate surface area is 158 Å². The van der Waals surface area contributed by atoms with Gasteiger partial charge in [-0.15, -0.1) is 0 Å². The molecule has 3 amide bonds. The van der Waals surface area contributed by atoms with Gasteiger partial charge in [0.15, 0.2) is 0 Å². The van der Waals surface area contributed by atoms with Crippen LogP contribution in [0.2, 0.25) is 0 Å². The molecule has 2 aliphatic rings. The molecule has 27 heavy (non-hydrogen) atoms. The number of likely N-dealkylation sites (tertiary alicyclic amines) is 1. The summed E-state index contributed by atoms with van der Waals surface area (Å²) in [6.45, 7) is 5.95. The lowest BCUT2D eigenvalue weighted by Crippen LogP contribution is -2.54. The van der Waals surface area contributed by atoms with Crippen molar-refractivity contribution in [3.8, 4) is 0 Å². The Balaban J connectivity index is 1.36. The van der Waals surface area contributed by atoms with Crippen molar-refractivity contribution >= 4 is 28.7 Å². The molecule has 8 heteroatoms. The van der Waals surface area contributed by atoms with E-state index in [4.69, 9.17) is 0 Å². The van der Waals surface area contributed by atoms with Gasteiger partial charge in [0, 0.05) is 51.1 Å². The van der Waals surface area contributed by atoms with Gasteiger partial charge in [0.1, 0.15) is 12.1 Å². The smallest absolute Gasteiger partial charge is 0.317 e. The second kappa shape index (κ2) is 7.38. The summed E-state index contributed by atoms with van der Waals surface area (Å²) in [5, 5.41) is 4.04. The summed E-state index contributed by atoms with van der Waals surface area (Å²) >= 11 is 0. The van der Waals surface area contributed by atoms with Crippen molar-refractivity contribution in [3.63, 3.8) is 0 Å². The third kappa shape index (κ3) is 3.51. The highest BCUT2D eigenvalue weighted by molar-refractivity contribution is 5.89. The van der Waals surface area contributed by atoms with Gasteiger partial charge >= 0.3 is 6.03 Å². The van der Waals surface area contributed by atoms with E-state index in [2.05, 4.69) is 20.2 Å². The molecule has 0 spiro atoms. The van der Waals surface area contributed by atoms with E-state index in [1.54, 1.807) is 11.2 Å². The van der Waals surface area contributed by atoms with Gasteiger partial charge in [0.2, 0.25) is 5.91 Å². The van der Waals surface area contributed by atoms with Crippen LogP contribution in [0, 0.1) is 0 Å². The molecule has 0 saturated carbocycles. The number of nitrogens with one attached hydrogen (secondary N) is 1. The van der Waals surface area contributed by atoms with Crippen LogP contribution < -0.4 is 10.2 Å². The number of carbonyl (C=O) groups excluding carboxylic acids is 2. The fraction of sp³-hybridized carbons (Fsp3) is 0.474. The van der Waals surface area contributed by atoms with E-state index in [1.165, 1.54) is 0 Å². The Morgan fingerprint density at radius 3 is 2.70 bits per heavy atom. The number of amides is 3. The molecular formula is C19H24N6O2. The molecule has 142 valence electrons.